The highest BCUT2D eigenvalue weighted by atomic mass is 35.5. The summed E-state index contributed by atoms with van der Waals surface area (Å²) in [5.41, 5.74) is 0.462. The summed E-state index contributed by atoms with van der Waals surface area (Å²) in [6.07, 6.45) is 0. The molecule has 0 spiro atoms. The molecule has 0 heterocycles. The zero-order valence-electron chi connectivity index (χ0n) is 10.5. The van der Waals surface area contributed by atoms with E-state index in [1.807, 2.05) is 24.3 Å². The van der Waals surface area contributed by atoms with Gasteiger partial charge in [-0.2, -0.15) is 0 Å². The largest absolute Gasteiger partial charge is 0.292 e. The normalized spacial score (nSPS) is 10.1. The first-order valence-corrected chi connectivity index (χ1v) is 7.30. The molecule has 0 fully saturated rings. The van der Waals surface area contributed by atoms with Gasteiger partial charge >= 0.3 is 0 Å². The van der Waals surface area contributed by atoms with Crippen LogP contribution in [0.1, 0.15) is 10.4 Å². The lowest BCUT2D eigenvalue weighted by atomic mass is 10.2. The lowest BCUT2D eigenvalue weighted by Gasteiger charge is -2.05. The summed E-state index contributed by atoms with van der Waals surface area (Å²) in [5, 5.41) is 2.94. The molecule has 0 unspecified atom stereocenters. The van der Waals surface area contributed by atoms with E-state index < -0.39 is 5.91 Å². The van der Waals surface area contributed by atoms with Crippen LogP contribution in [0.3, 0.4) is 0 Å². The van der Waals surface area contributed by atoms with Gasteiger partial charge in [0.05, 0.1) is 10.8 Å². The Morgan fingerprint density at radius 3 is 2.35 bits per heavy atom. The fourth-order valence-corrected chi connectivity index (χ4v) is 2.57. The van der Waals surface area contributed by atoms with E-state index in [1.54, 1.807) is 30.3 Å². The van der Waals surface area contributed by atoms with Crippen molar-refractivity contribution in [3.05, 3.63) is 65.2 Å². The van der Waals surface area contributed by atoms with E-state index in [1.165, 1.54) is 11.8 Å². The van der Waals surface area contributed by atoms with Crippen molar-refractivity contribution >= 4 is 35.2 Å². The summed E-state index contributed by atoms with van der Waals surface area (Å²) >= 11 is 7.29. The van der Waals surface area contributed by atoms with Gasteiger partial charge in [0.15, 0.2) is 0 Å². The number of benzene rings is 2. The molecule has 2 aromatic rings. The second-order valence-corrected chi connectivity index (χ2v) is 5.39. The lowest BCUT2D eigenvalue weighted by Crippen LogP contribution is -2.31. The van der Waals surface area contributed by atoms with E-state index in [2.05, 4.69) is 5.32 Å². The molecule has 20 heavy (non-hydrogen) atoms. The van der Waals surface area contributed by atoms with Crippen LogP contribution in [0, 0.1) is 0 Å². The smallest absolute Gasteiger partial charge is 0.257 e. The van der Waals surface area contributed by atoms with Crippen LogP contribution < -0.4 is 5.32 Å². The third-order valence-corrected chi connectivity index (χ3v) is 4.00. The minimum atomic E-state index is -0.393. The highest BCUT2D eigenvalue weighted by molar-refractivity contribution is 8.00. The Morgan fingerprint density at radius 1 is 1.00 bits per heavy atom. The van der Waals surface area contributed by atoms with E-state index in [0.717, 1.165) is 4.90 Å². The van der Waals surface area contributed by atoms with Gasteiger partial charge in [0, 0.05) is 10.5 Å². The van der Waals surface area contributed by atoms with Crippen LogP contribution in [0.2, 0.25) is 5.02 Å². The fourth-order valence-electron chi connectivity index (χ4n) is 1.53. The van der Waals surface area contributed by atoms with Crippen LogP contribution in [0.4, 0.5) is 0 Å². The van der Waals surface area contributed by atoms with Gasteiger partial charge in [-0.15, -0.1) is 11.8 Å². The molecule has 3 nitrogen and oxygen atoms in total. The monoisotopic (exact) mass is 305 g/mol. The predicted molar refractivity (Wildman–Crippen MR) is 81.1 cm³/mol. The summed E-state index contributed by atoms with van der Waals surface area (Å²) < 4.78 is 0. The van der Waals surface area contributed by atoms with E-state index in [4.69, 9.17) is 11.6 Å². The van der Waals surface area contributed by atoms with Crippen LogP contribution in [-0.2, 0) is 4.79 Å². The van der Waals surface area contributed by atoms with Gasteiger partial charge in [-0.3, -0.25) is 14.9 Å². The Hall–Kier alpha value is -1.78. The van der Waals surface area contributed by atoms with Crippen LogP contribution in [-0.4, -0.2) is 17.6 Å². The Balaban J connectivity index is 1.87. The minimum absolute atomic E-state index is 0.141. The molecule has 0 saturated heterocycles. The maximum absolute atomic E-state index is 11.8. The molecule has 5 heteroatoms. The minimum Gasteiger partial charge on any atom is -0.292 e. The first-order chi connectivity index (χ1) is 9.66. The molecule has 0 aromatic heterocycles. The van der Waals surface area contributed by atoms with Crippen LogP contribution >= 0.6 is 23.4 Å². The summed E-state index contributed by atoms with van der Waals surface area (Å²) in [6.45, 7) is 0. The Kier molecular flexibility index (Phi) is 5.21. The van der Waals surface area contributed by atoms with Crippen molar-refractivity contribution in [2.24, 2.45) is 0 Å². The number of carbonyl (C=O) groups excluding carboxylic acids is 2. The number of imide groups is 1. The number of nitrogens with one attached hydrogen (secondary N) is 1. The molecule has 1 N–H and O–H groups in total. The van der Waals surface area contributed by atoms with E-state index in [-0.39, 0.29) is 11.7 Å². The van der Waals surface area contributed by atoms with Gasteiger partial charge in [-0.1, -0.05) is 41.9 Å². The van der Waals surface area contributed by atoms with Crippen molar-refractivity contribution in [3.63, 3.8) is 0 Å². The van der Waals surface area contributed by atoms with Crippen molar-refractivity contribution in [2.45, 2.75) is 4.90 Å². The molecular formula is C15H12ClNO2S. The van der Waals surface area contributed by atoms with Crippen molar-refractivity contribution < 1.29 is 9.59 Å². The summed E-state index contributed by atoms with van der Waals surface area (Å²) in [6, 6.07) is 15.9. The molecule has 0 saturated carbocycles. The average Bonchev–Trinajstić information content (AvgIpc) is 2.47. The molecule has 2 rings (SSSR count). The third-order valence-electron chi connectivity index (χ3n) is 2.48. The molecule has 0 atom stereocenters. The molecule has 2 amide bonds. The zero-order valence-corrected chi connectivity index (χ0v) is 12.1. The van der Waals surface area contributed by atoms with Crippen molar-refractivity contribution in [1.82, 2.24) is 5.32 Å². The number of carbonyl (C=O) groups is 2. The predicted octanol–water partition coefficient (Wildman–Crippen LogP) is 3.39. The number of hydrogen-bond donors (Lipinski definition) is 1. The first kappa shape index (κ1) is 14.6. The van der Waals surface area contributed by atoms with E-state index in [9.17, 15) is 9.59 Å². The van der Waals surface area contributed by atoms with E-state index >= 15 is 0 Å². The number of thioether (sulfide) groups is 1. The summed E-state index contributed by atoms with van der Waals surface area (Å²) in [4.78, 5) is 24.3. The second kappa shape index (κ2) is 7.12. The second-order valence-electron chi connectivity index (χ2n) is 3.96. The average molecular weight is 306 g/mol. The number of hydrogen-bond acceptors (Lipinski definition) is 3. The van der Waals surface area contributed by atoms with Crippen LogP contribution in [0.15, 0.2) is 59.5 Å². The van der Waals surface area contributed by atoms with Gasteiger partial charge in [-0.25, -0.2) is 0 Å². The summed E-state index contributed by atoms with van der Waals surface area (Å²) in [7, 11) is 0. The quantitative estimate of drug-likeness (QED) is 0.881. The Labute approximate surface area is 126 Å². The van der Waals surface area contributed by atoms with Crippen molar-refractivity contribution in [3.8, 4) is 0 Å². The Bertz CT molecular complexity index is 616. The topological polar surface area (TPSA) is 46.2 Å². The van der Waals surface area contributed by atoms with E-state index in [0.29, 0.717) is 10.6 Å². The SMILES string of the molecule is O=C(CSc1ccccc1Cl)NC(=O)c1ccccc1. The van der Waals surface area contributed by atoms with Gasteiger partial charge in [0.25, 0.3) is 5.91 Å². The fraction of sp³-hybridized carbons (Fsp3) is 0.0667. The third kappa shape index (κ3) is 4.11. The van der Waals surface area contributed by atoms with Crippen molar-refractivity contribution in [1.29, 1.82) is 0 Å². The molecule has 0 bridgehead atoms. The maximum atomic E-state index is 11.8. The molecule has 102 valence electrons. The highest BCUT2D eigenvalue weighted by Gasteiger charge is 2.10. The Morgan fingerprint density at radius 2 is 1.65 bits per heavy atom. The number of amides is 2. The molecule has 2 aromatic carbocycles. The lowest BCUT2D eigenvalue weighted by molar-refractivity contribution is -0.117. The summed E-state index contributed by atoms with van der Waals surface area (Å²) in [5.74, 6) is -0.596. The van der Waals surface area contributed by atoms with Crippen molar-refractivity contribution in [2.75, 3.05) is 5.75 Å². The first-order valence-electron chi connectivity index (χ1n) is 5.93. The van der Waals surface area contributed by atoms with Gasteiger partial charge < -0.3 is 0 Å². The highest BCUT2D eigenvalue weighted by Crippen LogP contribution is 2.26. The zero-order chi connectivity index (χ0) is 14.4. The van der Waals surface area contributed by atoms with Crippen LogP contribution in [0.25, 0.3) is 0 Å². The number of rotatable bonds is 4. The molecule has 0 aliphatic heterocycles. The molecule has 0 radical (unpaired) electrons. The maximum Gasteiger partial charge on any atom is 0.257 e. The standard InChI is InChI=1S/C15H12ClNO2S/c16-12-8-4-5-9-13(12)20-10-14(18)17-15(19)11-6-2-1-3-7-11/h1-9H,10H2,(H,17,18,19). The van der Waals surface area contributed by atoms with Gasteiger partial charge in [0.1, 0.15) is 0 Å². The van der Waals surface area contributed by atoms with Crippen LogP contribution in [0.5, 0.6) is 0 Å². The van der Waals surface area contributed by atoms with Gasteiger partial charge in [-0.05, 0) is 24.3 Å². The molecular weight excluding hydrogens is 294 g/mol. The number of halogens is 1. The molecule has 0 aliphatic carbocycles. The van der Waals surface area contributed by atoms with Gasteiger partial charge in [0.2, 0.25) is 5.91 Å². The molecule has 0 aliphatic rings.